The molecule has 0 heterocycles. The maximum atomic E-state index is 12.0. The molecule has 110 valence electrons. The lowest BCUT2D eigenvalue weighted by Gasteiger charge is -2.09. The fourth-order valence-electron chi connectivity index (χ4n) is 2.19. The van der Waals surface area contributed by atoms with Crippen molar-refractivity contribution in [1.29, 1.82) is 0 Å². The van der Waals surface area contributed by atoms with Crippen molar-refractivity contribution >= 4 is 11.5 Å². The Hall–Kier alpha value is -2.09. The number of benzene rings is 2. The molecule has 0 aliphatic rings. The lowest BCUT2D eigenvalue weighted by Crippen LogP contribution is -2.09. The SMILES string of the molecule is Cc1ccc(C(=O)CCNc2ccc(C(C)C)cc2)cc1. The molecule has 0 saturated carbocycles. The van der Waals surface area contributed by atoms with Crippen molar-refractivity contribution in [3.8, 4) is 0 Å². The molecule has 0 bridgehead atoms. The van der Waals surface area contributed by atoms with Gasteiger partial charge in [-0.25, -0.2) is 0 Å². The van der Waals surface area contributed by atoms with Gasteiger partial charge in [-0.2, -0.15) is 0 Å². The van der Waals surface area contributed by atoms with Crippen molar-refractivity contribution in [1.82, 2.24) is 0 Å². The van der Waals surface area contributed by atoms with Gasteiger partial charge < -0.3 is 5.32 Å². The third-order valence-corrected chi connectivity index (χ3v) is 3.63. The van der Waals surface area contributed by atoms with Gasteiger partial charge in [0.25, 0.3) is 0 Å². The second-order valence-electron chi connectivity index (χ2n) is 5.74. The Morgan fingerprint density at radius 1 is 1.00 bits per heavy atom. The average molecular weight is 281 g/mol. The van der Waals surface area contributed by atoms with E-state index >= 15 is 0 Å². The molecule has 0 unspecified atom stereocenters. The zero-order chi connectivity index (χ0) is 15.2. The van der Waals surface area contributed by atoms with Crippen LogP contribution in [0.25, 0.3) is 0 Å². The van der Waals surface area contributed by atoms with Gasteiger partial charge in [0.15, 0.2) is 5.78 Å². The third-order valence-electron chi connectivity index (χ3n) is 3.63. The summed E-state index contributed by atoms with van der Waals surface area (Å²) >= 11 is 0. The van der Waals surface area contributed by atoms with E-state index in [1.807, 2.05) is 31.2 Å². The van der Waals surface area contributed by atoms with E-state index in [4.69, 9.17) is 0 Å². The van der Waals surface area contributed by atoms with E-state index in [9.17, 15) is 4.79 Å². The second kappa shape index (κ2) is 7.07. The highest BCUT2D eigenvalue weighted by atomic mass is 16.1. The van der Waals surface area contributed by atoms with E-state index in [1.165, 1.54) is 11.1 Å². The van der Waals surface area contributed by atoms with Crippen LogP contribution in [0.5, 0.6) is 0 Å². The summed E-state index contributed by atoms with van der Waals surface area (Å²) in [5.41, 5.74) is 4.36. The summed E-state index contributed by atoms with van der Waals surface area (Å²) in [5, 5.41) is 3.30. The number of carbonyl (C=O) groups excluding carboxylic acids is 1. The number of hydrogen-bond donors (Lipinski definition) is 1. The van der Waals surface area contributed by atoms with Gasteiger partial charge in [0.05, 0.1) is 0 Å². The summed E-state index contributed by atoms with van der Waals surface area (Å²) in [4.78, 5) is 12.0. The number of rotatable bonds is 6. The van der Waals surface area contributed by atoms with E-state index in [0.29, 0.717) is 18.9 Å². The summed E-state index contributed by atoms with van der Waals surface area (Å²) < 4.78 is 0. The Balaban J connectivity index is 1.83. The molecule has 2 heteroatoms. The van der Waals surface area contributed by atoms with E-state index in [1.54, 1.807) is 0 Å². The first-order valence-electron chi connectivity index (χ1n) is 7.50. The minimum Gasteiger partial charge on any atom is -0.385 e. The molecule has 1 N–H and O–H groups in total. The van der Waals surface area contributed by atoms with Gasteiger partial charge in [-0.3, -0.25) is 4.79 Å². The second-order valence-corrected chi connectivity index (χ2v) is 5.74. The number of Topliss-reactive ketones (excluding diaryl/α,β-unsaturated/α-hetero) is 1. The van der Waals surface area contributed by atoms with Crippen LogP contribution < -0.4 is 5.32 Å². The highest BCUT2D eigenvalue weighted by molar-refractivity contribution is 5.96. The number of anilines is 1. The molecule has 0 spiro atoms. The molecule has 2 aromatic carbocycles. The molecular formula is C19H23NO. The van der Waals surface area contributed by atoms with Gasteiger partial charge in [-0.05, 0) is 30.5 Å². The lowest BCUT2D eigenvalue weighted by molar-refractivity contribution is 0.0986. The molecule has 0 aromatic heterocycles. The first kappa shape index (κ1) is 15.3. The van der Waals surface area contributed by atoms with Crippen molar-refractivity contribution in [2.75, 3.05) is 11.9 Å². The Morgan fingerprint density at radius 2 is 1.62 bits per heavy atom. The van der Waals surface area contributed by atoms with E-state index < -0.39 is 0 Å². The Morgan fingerprint density at radius 3 is 2.19 bits per heavy atom. The van der Waals surface area contributed by atoms with E-state index in [2.05, 4.69) is 43.4 Å². The molecule has 0 amide bonds. The first-order chi connectivity index (χ1) is 10.1. The molecule has 0 aliphatic heterocycles. The molecule has 0 radical (unpaired) electrons. The molecular weight excluding hydrogens is 258 g/mol. The van der Waals surface area contributed by atoms with Gasteiger partial charge in [0.2, 0.25) is 0 Å². The van der Waals surface area contributed by atoms with Gasteiger partial charge in [-0.15, -0.1) is 0 Å². The highest BCUT2D eigenvalue weighted by Gasteiger charge is 2.05. The minimum absolute atomic E-state index is 0.182. The smallest absolute Gasteiger partial charge is 0.164 e. The summed E-state index contributed by atoms with van der Waals surface area (Å²) in [6.07, 6.45) is 0.509. The molecule has 0 fully saturated rings. The average Bonchev–Trinajstić information content (AvgIpc) is 2.48. The standard InChI is InChI=1S/C19H23NO/c1-14(2)16-8-10-18(11-9-16)20-13-12-19(21)17-6-4-15(3)5-7-17/h4-11,14,20H,12-13H2,1-3H3. The molecule has 2 nitrogen and oxygen atoms in total. The minimum atomic E-state index is 0.182. The largest absolute Gasteiger partial charge is 0.385 e. The molecule has 0 aliphatic carbocycles. The number of nitrogens with one attached hydrogen (secondary N) is 1. The van der Waals surface area contributed by atoms with E-state index in [0.717, 1.165) is 11.3 Å². The van der Waals surface area contributed by atoms with Crippen LogP contribution in [-0.4, -0.2) is 12.3 Å². The van der Waals surface area contributed by atoms with Crippen molar-refractivity contribution in [2.45, 2.75) is 33.1 Å². The predicted octanol–water partition coefficient (Wildman–Crippen LogP) is 4.80. The van der Waals surface area contributed by atoms with Gasteiger partial charge in [-0.1, -0.05) is 55.8 Å². The Bertz CT molecular complexity index is 582. The first-order valence-corrected chi connectivity index (χ1v) is 7.50. The maximum absolute atomic E-state index is 12.0. The number of hydrogen-bond acceptors (Lipinski definition) is 2. The highest BCUT2D eigenvalue weighted by Crippen LogP contribution is 2.17. The van der Waals surface area contributed by atoms with Crippen LogP contribution in [0.15, 0.2) is 48.5 Å². The molecule has 0 saturated heterocycles. The lowest BCUT2D eigenvalue weighted by atomic mass is 10.0. The maximum Gasteiger partial charge on any atom is 0.164 e. The molecule has 21 heavy (non-hydrogen) atoms. The van der Waals surface area contributed by atoms with Crippen LogP contribution in [0.3, 0.4) is 0 Å². The van der Waals surface area contributed by atoms with Crippen molar-refractivity contribution in [3.05, 3.63) is 65.2 Å². The normalized spacial score (nSPS) is 10.7. The van der Waals surface area contributed by atoms with Crippen molar-refractivity contribution < 1.29 is 4.79 Å². The van der Waals surface area contributed by atoms with Crippen molar-refractivity contribution in [3.63, 3.8) is 0 Å². The predicted molar refractivity (Wildman–Crippen MR) is 89.1 cm³/mol. The van der Waals surface area contributed by atoms with E-state index in [-0.39, 0.29) is 5.78 Å². The van der Waals surface area contributed by atoms with Gasteiger partial charge >= 0.3 is 0 Å². The zero-order valence-corrected chi connectivity index (χ0v) is 13.0. The number of aryl methyl sites for hydroxylation is 1. The summed E-state index contributed by atoms with van der Waals surface area (Å²) in [6, 6.07) is 16.2. The topological polar surface area (TPSA) is 29.1 Å². The van der Waals surface area contributed by atoms with Crippen LogP contribution in [0.2, 0.25) is 0 Å². The van der Waals surface area contributed by atoms with Gasteiger partial charge in [0, 0.05) is 24.2 Å². The summed E-state index contributed by atoms with van der Waals surface area (Å²) in [5.74, 6) is 0.725. The summed E-state index contributed by atoms with van der Waals surface area (Å²) in [7, 11) is 0. The van der Waals surface area contributed by atoms with Crippen LogP contribution >= 0.6 is 0 Å². The van der Waals surface area contributed by atoms with Crippen LogP contribution in [0, 0.1) is 6.92 Å². The molecule has 2 rings (SSSR count). The number of ketones is 1. The van der Waals surface area contributed by atoms with Gasteiger partial charge in [0.1, 0.15) is 0 Å². The monoisotopic (exact) mass is 281 g/mol. The van der Waals surface area contributed by atoms with Crippen molar-refractivity contribution in [2.24, 2.45) is 0 Å². The third kappa shape index (κ3) is 4.45. The van der Waals surface area contributed by atoms with Crippen LogP contribution in [0.4, 0.5) is 5.69 Å². The zero-order valence-electron chi connectivity index (χ0n) is 13.0. The fraction of sp³-hybridized carbons (Fsp3) is 0.316. The molecule has 0 atom stereocenters. The summed E-state index contributed by atoms with van der Waals surface area (Å²) in [6.45, 7) is 7.05. The molecule has 2 aromatic rings. The number of carbonyl (C=O) groups is 1. The Kier molecular flexibility index (Phi) is 5.15. The quantitative estimate of drug-likeness (QED) is 0.770. The van der Waals surface area contributed by atoms with Crippen LogP contribution in [-0.2, 0) is 0 Å². The van der Waals surface area contributed by atoms with Crippen LogP contribution in [0.1, 0.15) is 47.7 Å². The Labute approximate surface area is 127 Å². The fourth-order valence-corrected chi connectivity index (χ4v) is 2.19.